The fourth-order valence-corrected chi connectivity index (χ4v) is 2.30. The van der Waals surface area contributed by atoms with Crippen molar-refractivity contribution < 1.29 is 0 Å². The molecule has 0 saturated heterocycles. The topological polar surface area (TPSA) is 27.6 Å². The number of nitrogens with zero attached hydrogens (tertiary/aromatic N) is 2. The van der Waals surface area contributed by atoms with Crippen LogP contribution in [-0.2, 0) is 0 Å². The van der Waals surface area contributed by atoms with Crippen LogP contribution in [-0.4, -0.2) is 48.5 Å². The van der Waals surface area contributed by atoms with Crippen LogP contribution in [0.5, 0.6) is 0 Å². The molecule has 14 heavy (non-hydrogen) atoms. The molecule has 1 N–H and O–H groups in total. The molecule has 0 bridgehead atoms. The maximum atomic E-state index is 4.51. The molecule has 0 amide bonds. The average molecular weight is 215 g/mol. The minimum atomic E-state index is 0.489. The van der Waals surface area contributed by atoms with Crippen molar-refractivity contribution in [2.24, 2.45) is 4.99 Å². The lowest BCUT2D eigenvalue weighted by Crippen LogP contribution is -2.32. The van der Waals surface area contributed by atoms with Crippen molar-refractivity contribution in [3.63, 3.8) is 0 Å². The fourth-order valence-electron chi connectivity index (χ4n) is 1.29. The van der Waals surface area contributed by atoms with E-state index in [9.17, 15) is 0 Å². The zero-order valence-electron chi connectivity index (χ0n) is 9.58. The van der Waals surface area contributed by atoms with E-state index in [2.05, 4.69) is 43.2 Å². The molecule has 1 aliphatic heterocycles. The van der Waals surface area contributed by atoms with Crippen LogP contribution in [0.2, 0.25) is 0 Å². The molecule has 0 spiro atoms. The maximum Gasteiger partial charge on any atom is 0.157 e. The van der Waals surface area contributed by atoms with Gasteiger partial charge in [-0.15, -0.1) is 0 Å². The lowest BCUT2D eigenvalue weighted by Gasteiger charge is -2.16. The van der Waals surface area contributed by atoms with Crippen LogP contribution in [0.15, 0.2) is 4.99 Å². The highest BCUT2D eigenvalue weighted by Crippen LogP contribution is 2.16. The first-order chi connectivity index (χ1) is 6.58. The first kappa shape index (κ1) is 11.9. The average Bonchev–Trinajstić information content (AvgIpc) is 2.48. The molecule has 1 heterocycles. The largest absolute Gasteiger partial charge is 0.362 e. The van der Waals surface area contributed by atoms with Gasteiger partial charge in [0.15, 0.2) is 5.17 Å². The SMILES string of the molecule is CC1CSC(NC(C)CCN(C)C)=N1. The molecule has 0 aromatic heterocycles. The summed E-state index contributed by atoms with van der Waals surface area (Å²) in [5, 5.41) is 4.58. The van der Waals surface area contributed by atoms with Crippen LogP contribution in [0.4, 0.5) is 0 Å². The normalized spacial score (nSPS) is 23.8. The fraction of sp³-hybridized carbons (Fsp3) is 0.900. The summed E-state index contributed by atoms with van der Waals surface area (Å²) in [6.45, 7) is 5.50. The van der Waals surface area contributed by atoms with Gasteiger partial charge in [0.1, 0.15) is 0 Å². The van der Waals surface area contributed by atoms with Gasteiger partial charge in [-0.2, -0.15) is 0 Å². The smallest absolute Gasteiger partial charge is 0.157 e. The van der Waals surface area contributed by atoms with Crippen LogP contribution < -0.4 is 5.32 Å². The third kappa shape index (κ3) is 4.33. The van der Waals surface area contributed by atoms with Crippen LogP contribution in [0, 0.1) is 0 Å². The predicted molar refractivity (Wildman–Crippen MR) is 65.1 cm³/mol. The molecule has 0 aromatic rings. The lowest BCUT2D eigenvalue weighted by molar-refractivity contribution is 0.379. The van der Waals surface area contributed by atoms with Gasteiger partial charge in [0.2, 0.25) is 0 Å². The van der Waals surface area contributed by atoms with Crippen LogP contribution in [0.25, 0.3) is 0 Å². The van der Waals surface area contributed by atoms with Crippen LogP contribution >= 0.6 is 11.8 Å². The summed E-state index contributed by atoms with van der Waals surface area (Å²) in [5.74, 6) is 1.13. The van der Waals surface area contributed by atoms with Crippen molar-refractivity contribution in [1.29, 1.82) is 0 Å². The summed E-state index contributed by atoms with van der Waals surface area (Å²) in [7, 11) is 4.22. The molecule has 0 radical (unpaired) electrons. The van der Waals surface area contributed by atoms with Crippen molar-refractivity contribution in [1.82, 2.24) is 10.2 Å². The number of aliphatic imine (C=N–C) groups is 1. The molecule has 1 aliphatic rings. The van der Waals surface area contributed by atoms with Crippen molar-refractivity contribution >= 4 is 16.9 Å². The van der Waals surface area contributed by atoms with Crippen molar-refractivity contribution in [3.8, 4) is 0 Å². The molecule has 0 saturated carbocycles. The second-order valence-corrected chi connectivity index (χ2v) is 5.24. The van der Waals surface area contributed by atoms with Crippen molar-refractivity contribution in [3.05, 3.63) is 0 Å². The third-order valence-electron chi connectivity index (χ3n) is 2.18. The molecule has 0 aromatic carbocycles. The van der Waals surface area contributed by atoms with Gasteiger partial charge in [-0.05, 0) is 40.9 Å². The summed E-state index contributed by atoms with van der Waals surface area (Å²) >= 11 is 1.84. The van der Waals surface area contributed by atoms with E-state index in [-0.39, 0.29) is 0 Å². The highest BCUT2D eigenvalue weighted by Gasteiger charge is 2.15. The Morgan fingerprint density at radius 3 is 2.86 bits per heavy atom. The predicted octanol–water partition coefficient (Wildman–Crippen LogP) is 1.41. The number of amidine groups is 1. The van der Waals surface area contributed by atoms with E-state index in [1.165, 1.54) is 6.42 Å². The Kier molecular flexibility index (Phi) is 4.75. The second-order valence-electron chi connectivity index (χ2n) is 4.23. The van der Waals surface area contributed by atoms with E-state index in [0.717, 1.165) is 17.5 Å². The van der Waals surface area contributed by atoms with Crippen LogP contribution in [0.1, 0.15) is 20.3 Å². The van der Waals surface area contributed by atoms with Gasteiger partial charge in [-0.25, -0.2) is 0 Å². The molecule has 3 nitrogen and oxygen atoms in total. The number of nitrogens with one attached hydrogen (secondary N) is 1. The molecule has 4 heteroatoms. The Bertz CT molecular complexity index is 204. The van der Waals surface area contributed by atoms with E-state index < -0.39 is 0 Å². The molecule has 82 valence electrons. The quantitative estimate of drug-likeness (QED) is 0.768. The van der Waals surface area contributed by atoms with E-state index >= 15 is 0 Å². The maximum absolute atomic E-state index is 4.51. The lowest BCUT2D eigenvalue weighted by atomic mass is 10.2. The van der Waals surface area contributed by atoms with Gasteiger partial charge in [0.25, 0.3) is 0 Å². The second kappa shape index (κ2) is 5.61. The summed E-state index contributed by atoms with van der Waals surface area (Å²) in [6, 6.07) is 1.01. The number of rotatable bonds is 4. The Morgan fingerprint density at radius 1 is 1.64 bits per heavy atom. The van der Waals surface area contributed by atoms with E-state index in [1.807, 2.05) is 11.8 Å². The number of thioether (sulfide) groups is 1. The highest BCUT2D eigenvalue weighted by molar-refractivity contribution is 8.14. The molecule has 2 atom stereocenters. The zero-order valence-corrected chi connectivity index (χ0v) is 10.4. The standard InChI is InChI=1S/C10H21N3S/c1-8(5-6-13(3)4)11-10-12-9(2)7-14-10/h8-9H,5-7H2,1-4H3,(H,11,12). The number of hydrogen-bond donors (Lipinski definition) is 1. The molecule has 0 aliphatic carbocycles. The monoisotopic (exact) mass is 215 g/mol. The summed E-state index contributed by atoms with van der Waals surface area (Å²) in [5.41, 5.74) is 0. The first-order valence-corrected chi connectivity index (χ1v) is 6.18. The van der Waals surface area contributed by atoms with Crippen molar-refractivity contribution in [2.75, 3.05) is 26.4 Å². The Balaban J connectivity index is 2.20. The van der Waals surface area contributed by atoms with E-state index in [1.54, 1.807) is 0 Å². The minimum absolute atomic E-state index is 0.489. The summed E-state index contributed by atoms with van der Waals surface area (Å²) in [4.78, 5) is 6.72. The highest BCUT2D eigenvalue weighted by atomic mass is 32.2. The minimum Gasteiger partial charge on any atom is -0.362 e. The van der Waals surface area contributed by atoms with Crippen LogP contribution in [0.3, 0.4) is 0 Å². The molecule has 1 rings (SSSR count). The van der Waals surface area contributed by atoms with Gasteiger partial charge in [0.05, 0.1) is 6.04 Å². The van der Waals surface area contributed by atoms with E-state index in [0.29, 0.717) is 12.1 Å². The number of hydrogen-bond acceptors (Lipinski definition) is 4. The van der Waals surface area contributed by atoms with Gasteiger partial charge < -0.3 is 10.2 Å². The Labute approximate surface area is 91.3 Å². The third-order valence-corrected chi connectivity index (χ3v) is 3.32. The van der Waals surface area contributed by atoms with Gasteiger partial charge in [0, 0.05) is 11.8 Å². The first-order valence-electron chi connectivity index (χ1n) is 5.20. The van der Waals surface area contributed by atoms with Gasteiger partial charge >= 0.3 is 0 Å². The molecular formula is C10H21N3S. The Morgan fingerprint density at radius 2 is 2.36 bits per heavy atom. The Hall–Kier alpha value is -0.220. The molecule has 2 unspecified atom stereocenters. The van der Waals surface area contributed by atoms with Crippen molar-refractivity contribution in [2.45, 2.75) is 32.4 Å². The summed E-state index contributed by atoms with van der Waals surface area (Å²) in [6.07, 6.45) is 1.17. The van der Waals surface area contributed by atoms with Gasteiger partial charge in [-0.3, -0.25) is 4.99 Å². The molecular weight excluding hydrogens is 194 g/mol. The summed E-state index contributed by atoms with van der Waals surface area (Å²) < 4.78 is 0. The zero-order chi connectivity index (χ0) is 10.6. The van der Waals surface area contributed by atoms with E-state index in [4.69, 9.17) is 0 Å². The molecule has 0 fully saturated rings. The van der Waals surface area contributed by atoms with Gasteiger partial charge in [-0.1, -0.05) is 11.8 Å².